The van der Waals surface area contributed by atoms with Gasteiger partial charge in [0.15, 0.2) is 0 Å². The van der Waals surface area contributed by atoms with Gasteiger partial charge in [-0.1, -0.05) is 12.1 Å². The van der Waals surface area contributed by atoms with Crippen LogP contribution in [-0.4, -0.2) is 18.6 Å². The molecular weight excluding hydrogens is 228 g/mol. The molecule has 0 aliphatic heterocycles. The summed E-state index contributed by atoms with van der Waals surface area (Å²) in [5.74, 6) is 1.08. The minimum absolute atomic E-state index is 0.0687. The van der Waals surface area contributed by atoms with E-state index in [1.54, 1.807) is 7.11 Å². The van der Waals surface area contributed by atoms with Crippen LogP contribution >= 0.6 is 0 Å². The molecule has 0 heterocycles. The van der Waals surface area contributed by atoms with E-state index in [-0.39, 0.29) is 5.91 Å². The van der Waals surface area contributed by atoms with E-state index in [2.05, 4.69) is 5.32 Å². The number of methoxy groups -OCH3 is 1. The molecule has 3 N–H and O–H groups in total. The van der Waals surface area contributed by atoms with Gasteiger partial charge in [0.05, 0.1) is 12.6 Å². The summed E-state index contributed by atoms with van der Waals surface area (Å²) in [5.41, 5.74) is 6.35. The van der Waals surface area contributed by atoms with E-state index < -0.39 is 5.54 Å². The molecule has 1 aliphatic carbocycles. The fourth-order valence-electron chi connectivity index (χ4n) is 1.98. The Balaban J connectivity index is 1.88. The molecule has 1 aliphatic rings. The van der Waals surface area contributed by atoms with Crippen LogP contribution in [0.2, 0.25) is 0 Å². The number of carbonyl (C=O) groups excluding carboxylic acids is 1. The van der Waals surface area contributed by atoms with E-state index in [1.807, 2.05) is 31.2 Å². The number of nitrogens with two attached hydrogens (primary N) is 1. The van der Waals surface area contributed by atoms with Crippen LogP contribution < -0.4 is 15.8 Å². The van der Waals surface area contributed by atoms with Gasteiger partial charge in [0.2, 0.25) is 5.91 Å². The van der Waals surface area contributed by atoms with Crippen molar-refractivity contribution in [3.8, 4) is 5.75 Å². The summed E-state index contributed by atoms with van der Waals surface area (Å²) in [5, 5.41) is 2.89. The molecule has 1 saturated carbocycles. The molecule has 1 aromatic carbocycles. The third-order valence-corrected chi connectivity index (χ3v) is 3.53. The van der Waals surface area contributed by atoms with Crippen LogP contribution in [0, 0.1) is 5.92 Å². The van der Waals surface area contributed by atoms with Crippen LogP contribution in [0.3, 0.4) is 0 Å². The summed E-state index contributed by atoms with van der Waals surface area (Å²) in [4.78, 5) is 12.0. The van der Waals surface area contributed by atoms with Gasteiger partial charge >= 0.3 is 0 Å². The Bertz CT molecular complexity index is 422. The largest absolute Gasteiger partial charge is 0.497 e. The number of nitrogens with one attached hydrogen (secondary N) is 1. The molecular formula is C14H20N2O2. The lowest BCUT2D eigenvalue weighted by Crippen LogP contribution is -2.53. The number of hydrogen-bond acceptors (Lipinski definition) is 3. The third kappa shape index (κ3) is 2.82. The fourth-order valence-corrected chi connectivity index (χ4v) is 1.98. The minimum Gasteiger partial charge on any atom is -0.497 e. The monoisotopic (exact) mass is 248 g/mol. The summed E-state index contributed by atoms with van der Waals surface area (Å²) >= 11 is 0. The Labute approximate surface area is 108 Å². The van der Waals surface area contributed by atoms with Gasteiger partial charge in [-0.25, -0.2) is 0 Å². The molecule has 1 atom stereocenters. The van der Waals surface area contributed by atoms with E-state index in [0.717, 1.165) is 24.2 Å². The second-order valence-corrected chi connectivity index (χ2v) is 5.09. The highest BCUT2D eigenvalue weighted by Gasteiger charge is 2.43. The van der Waals surface area contributed by atoms with E-state index in [1.165, 1.54) is 0 Å². The number of amides is 1. The number of carbonyl (C=O) groups is 1. The van der Waals surface area contributed by atoms with Crippen molar-refractivity contribution in [1.29, 1.82) is 0 Å². The summed E-state index contributed by atoms with van der Waals surface area (Å²) in [6, 6.07) is 7.63. The van der Waals surface area contributed by atoms with Crippen molar-refractivity contribution < 1.29 is 9.53 Å². The lowest BCUT2D eigenvalue weighted by atomic mass is 9.96. The lowest BCUT2D eigenvalue weighted by molar-refractivity contribution is -0.126. The zero-order valence-electron chi connectivity index (χ0n) is 10.9. The predicted octanol–water partition coefficient (Wildman–Crippen LogP) is 1.44. The Hall–Kier alpha value is -1.55. The molecule has 4 heteroatoms. The van der Waals surface area contributed by atoms with Gasteiger partial charge in [-0.05, 0) is 43.4 Å². The smallest absolute Gasteiger partial charge is 0.240 e. The van der Waals surface area contributed by atoms with Gasteiger partial charge in [-0.3, -0.25) is 4.79 Å². The van der Waals surface area contributed by atoms with Crippen LogP contribution in [0.25, 0.3) is 0 Å². The van der Waals surface area contributed by atoms with Crippen LogP contribution in [0.15, 0.2) is 24.3 Å². The summed E-state index contributed by atoms with van der Waals surface area (Å²) in [6.45, 7) is 2.32. The lowest BCUT2D eigenvalue weighted by Gasteiger charge is -2.23. The zero-order chi connectivity index (χ0) is 13.2. The molecule has 98 valence electrons. The fraction of sp³-hybridized carbons (Fsp3) is 0.500. The molecule has 1 unspecified atom stereocenters. The second-order valence-electron chi connectivity index (χ2n) is 5.09. The highest BCUT2D eigenvalue weighted by Crippen LogP contribution is 2.38. The van der Waals surface area contributed by atoms with Crippen molar-refractivity contribution in [1.82, 2.24) is 5.32 Å². The molecule has 0 spiro atoms. The van der Waals surface area contributed by atoms with Gasteiger partial charge in [-0.15, -0.1) is 0 Å². The molecule has 0 bridgehead atoms. The van der Waals surface area contributed by atoms with Crippen LogP contribution in [-0.2, 0) is 11.3 Å². The highest BCUT2D eigenvalue weighted by molar-refractivity contribution is 5.86. The van der Waals surface area contributed by atoms with E-state index in [4.69, 9.17) is 10.5 Å². The summed E-state index contributed by atoms with van der Waals surface area (Å²) in [6.07, 6.45) is 2.12. The van der Waals surface area contributed by atoms with Gasteiger partial charge in [0.25, 0.3) is 0 Å². The molecule has 0 radical (unpaired) electrons. The molecule has 0 aromatic heterocycles. The Kier molecular flexibility index (Phi) is 3.57. The van der Waals surface area contributed by atoms with Crippen LogP contribution in [0.4, 0.5) is 0 Å². The van der Waals surface area contributed by atoms with E-state index in [0.29, 0.717) is 12.5 Å². The first-order chi connectivity index (χ1) is 8.54. The number of benzene rings is 1. The van der Waals surface area contributed by atoms with Crippen molar-refractivity contribution in [3.63, 3.8) is 0 Å². The molecule has 4 nitrogen and oxygen atoms in total. The number of ether oxygens (including phenoxy) is 1. The first kappa shape index (κ1) is 12.9. The maximum atomic E-state index is 12.0. The Morgan fingerprint density at radius 1 is 1.44 bits per heavy atom. The van der Waals surface area contributed by atoms with Gasteiger partial charge in [-0.2, -0.15) is 0 Å². The maximum Gasteiger partial charge on any atom is 0.240 e. The summed E-state index contributed by atoms with van der Waals surface area (Å²) in [7, 11) is 1.63. The SMILES string of the molecule is COc1ccc(CNC(=O)C(C)(N)C2CC2)cc1. The van der Waals surface area contributed by atoms with Gasteiger partial charge in [0.1, 0.15) is 5.75 Å². The number of hydrogen-bond donors (Lipinski definition) is 2. The second kappa shape index (κ2) is 4.98. The first-order valence-corrected chi connectivity index (χ1v) is 6.24. The molecule has 2 rings (SSSR count). The number of rotatable bonds is 5. The van der Waals surface area contributed by atoms with Crippen molar-refractivity contribution in [3.05, 3.63) is 29.8 Å². The Morgan fingerprint density at radius 3 is 2.56 bits per heavy atom. The van der Waals surface area contributed by atoms with Crippen LogP contribution in [0.1, 0.15) is 25.3 Å². The first-order valence-electron chi connectivity index (χ1n) is 6.24. The molecule has 1 amide bonds. The topological polar surface area (TPSA) is 64.3 Å². The van der Waals surface area contributed by atoms with E-state index in [9.17, 15) is 4.79 Å². The predicted molar refractivity (Wildman–Crippen MR) is 70.2 cm³/mol. The standard InChI is InChI=1S/C14H20N2O2/c1-14(15,11-5-6-11)13(17)16-9-10-3-7-12(18-2)8-4-10/h3-4,7-8,11H,5-6,9,15H2,1-2H3,(H,16,17). The van der Waals surface area contributed by atoms with Crippen molar-refractivity contribution in [2.45, 2.75) is 31.8 Å². The minimum atomic E-state index is -0.730. The quantitative estimate of drug-likeness (QED) is 0.828. The van der Waals surface area contributed by atoms with Crippen molar-refractivity contribution in [2.75, 3.05) is 7.11 Å². The molecule has 1 fully saturated rings. The van der Waals surface area contributed by atoms with Crippen LogP contribution in [0.5, 0.6) is 5.75 Å². The summed E-state index contributed by atoms with van der Waals surface area (Å²) < 4.78 is 5.08. The van der Waals surface area contributed by atoms with Gasteiger partial charge < -0.3 is 15.8 Å². The highest BCUT2D eigenvalue weighted by atomic mass is 16.5. The molecule has 0 saturated heterocycles. The Morgan fingerprint density at radius 2 is 2.06 bits per heavy atom. The average Bonchev–Trinajstić information content (AvgIpc) is 3.21. The maximum absolute atomic E-state index is 12.0. The average molecular weight is 248 g/mol. The molecule has 18 heavy (non-hydrogen) atoms. The van der Waals surface area contributed by atoms with Crippen molar-refractivity contribution >= 4 is 5.91 Å². The normalized spacial score (nSPS) is 17.9. The zero-order valence-corrected chi connectivity index (χ0v) is 10.9. The van der Waals surface area contributed by atoms with Crippen molar-refractivity contribution in [2.24, 2.45) is 11.7 Å². The van der Waals surface area contributed by atoms with Gasteiger partial charge in [0, 0.05) is 6.54 Å². The molecule has 1 aromatic rings. The van der Waals surface area contributed by atoms with E-state index >= 15 is 0 Å². The third-order valence-electron chi connectivity index (χ3n) is 3.53.